The van der Waals surface area contributed by atoms with Crippen LogP contribution in [0.2, 0.25) is 0 Å². The molecule has 3 aromatic rings. The average molecular weight is 295 g/mol. The maximum Gasteiger partial charge on any atom is 0.123 e. The van der Waals surface area contributed by atoms with Crippen molar-refractivity contribution in [3.05, 3.63) is 72.2 Å². The zero-order valence-electron chi connectivity index (χ0n) is 12.7. The van der Waals surface area contributed by atoms with E-state index < -0.39 is 0 Å². The van der Waals surface area contributed by atoms with Crippen LogP contribution < -0.4 is 0 Å². The van der Waals surface area contributed by atoms with E-state index in [1.54, 1.807) is 12.1 Å². The van der Waals surface area contributed by atoms with Crippen LogP contribution in [-0.4, -0.2) is 28.8 Å². The highest BCUT2D eigenvalue weighted by molar-refractivity contribution is 5.63. The first-order valence-corrected chi connectivity index (χ1v) is 7.18. The number of halogens is 1. The third-order valence-corrected chi connectivity index (χ3v) is 3.41. The van der Waals surface area contributed by atoms with Crippen molar-refractivity contribution in [3.63, 3.8) is 0 Å². The predicted octanol–water partition coefficient (Wildman–Crippen LogP) is 3.74. The van der Waals surface area contributed by atoms with Gasteiger partial charge in [0.05, 0.1) is 11.4 Å². The Hall–Kier alpha value is -2.46. The number of hydrogen-bond acceptors (Lipinski definition) is 2. The average Bonchev–Trinajstić information content (AvgIpc) is 2.92. The number of para-hydroxylation sites is 1. The normalized spacial score (nSPS) is 11.1. The second kappa shape index (κ2) is 6.12. The summed E-state index contributed by atoms with van der Waals surface area (Å²) in [4.78, 5) is 2.10. The fraction of sp³-hybridized carbons (Fsp3) is 0.167. The van der Waals surface area contributed by atoms with Crippen molar-refractivity contribution >= 4 is 0 Å². The lowest BCUT2D eigenvalue weighted by Crippen LogP contribution is -2.10. The highest BCUT2D eigenvalue weighted by Gasteiger charge is 2.13. The molecule has 0 unspecified atom stereocenters. The van der Waals surface area contributed by atoms with Gasteiger partial charge in [0.1, 0.15) is 5.82 Å². The van der Waals surface area contributed by atoms with Gasteiger partial charge in [-0.05, 0) is 50.5 Å². The molecule has 0 spiro atoms. The van der Waals surface area contributed by atoms with Crippen LogP contribution in [-0.2, 0) is 6.54 Å². The van der Waals surface area contributed by atoms with Gasteiger partial charge in [0.2, 0.25) is 0 Å². The second-order valence-electron chi connectivity index (χ2n) is 5.53. The number of benzene rings is 2. The number of nitrogens with zero attached hydrogens (tertiary/aromatic N) is 3. The minimum absolute atomic E-state index is 0.236. The van der Waals surface area contributed by atoms with Crippen LogP contribution in [0.4, 0.5) is 4.39 Å². The van der Waals surface area contributed by atoms with E-state index in [1.807, 2.05) is 55.3 Å². The van der Waals surface area contributed by atoms with E-state index >= 15 is 0 Å². The molecule has 0 atom stereocenters. The van der Waals surface area contributed by atoms with Crippen molar-refractivity contribution < 1.29 is 4.39 Å². The summed E-state index contributed by atoms with van der Waals surface area (Å²) in [5, 5.41) is 4.70. The molecule has 0 bridgehead atoms. The van der Waals surface area contributed by atoms with Crippen molar-refractivity contribution in [2.45, 2.75) is 6.54 Å². The van der Waals surface area contributed by atoms with Crippen LogP contribution in [0, 0.1) is 5.82 Å². The maximum absolute atomic E-state index is 13.1. The lowest BCUT2D eigenvalue weighted by Gasteiger charge is -2.09. The van der Waals surface area contributed by atoms with Gasteiger partial charge >= 0.3 is 0 Å². The first-order valence-electron chi connectivity index (χ1n) is 7.18. The van der Waals surface area contributed by atoms with E-state index in [-0.39, 0.29) is 5.82 Å². The van der Waals surface area contributed by atoms with Gasteiger partial charge in [-0.2, -0.15) is 5.10 Å². The minimum Gasteiger partial charge on any atom is -0.305 e. The molecule has 0 aliphatic rings. The summed E-state index contributed by atoms with van der Waals surface area (Å²) < 4.78 is 15.0. The summed E-state index contributed by atoms with van der Waals surface area (Å²) in [5.74, 6) is -0.236. The zero-order valence-corrected chi connectivity index (χ0v) is 12.7. The first kappa shape index (κ1) is 14.5. The third kappa shape index (κ3) is 3.07. The molecule has 3 rings (SSSR count). The fourth-order valence-corrected chi connectivity index (χ4v) is 2.43. The second-order valence-corrected chi connectivity index (χ2v) is 5.53. The molecule has 22 heavy (non-hydrogen) atoms. The molecule has 2 aromatic carbocycles. The number of aromatic nitrogens is 2. The molecule has 4 heteroatoms. The van der Waals surface area contributed by atoms with Crippen molar-refractivity contribution in [1.82, 2.24) is 14.7 Å². The highest BCUT2D eigenvalue weighted by atomic mass is 19.1. The van der Waals surface area contributed by atoms with Gasteiger partial charge in [-0.25, -0.2) is 9.07 Å². The number of hydrogen-bond donors (Lipinski definition) is 0. The van der Waals surface area contributed by atoms with Crippen LogP contribution in [0.1, 0.15) is 5.56 Å². The maximum atomic E-state index is 13.1. The third-order valence-electron chi connectivity index (χ3n) is 3.41. The van der Waals surface area contributed by atoms with Gasteiger partial charge in [-0.3, -0.25) is 0 Å². The molecule has 0 fully saturated rings. The molecular weight excluding hydrogens is 277 g/mol. The van der Waals surface area contributed by atoms with E-state index in [4.69, 9.17) is 5.10 Å². The monoisotopic (exact) mass is 295 g/mol. The summed E-state index contributed by atoms with van der Waals surface area (Å²) in [6.07, 6.45) is 2.04. The van der Waals surface area contributed by atoms with Crippen LogP contribution in [0.25, 0.3) is 16.9 Å². The summed E-state index contributed by atoms with van der Waals surface area (Å²) in [6, 6.07) is 16.5. The molecule has 1 heterocycles. The molecule has 0 aliphatic heterocycles. The van der Waals surface area contributed by atoms with Crippen molar-refractivity contribution in [1.29, 1.82) is 0 Å². The summed E-state index contributed by atoms with van der Waals surface area (Å²) in [5.41, 5.74) is 3.93. The molecule has 0 N–H and O–H groups in total. The molecule has 0 amide bonds. The topological polar surface area (TPSA) is 21.1 Å². The van der Waals surface area contributed by atoms with Crippen molar-refractivity contribution in [2.75, 3.05) is 14.1 Å². The molecule has 1 aromatic heterocycles. The Kier molecular flexibility index (Phi) is 4.02. The molecule has 0 radical (unpaired) electrons. The molecule has 0 saturated heterocycles. The van der Waals surface area contributed by atoms with Crippen LogP contribution in [0.15, 0.2) is 60.8 Å². The SMILES string of the molecule is CN(C)Cc1cn(-c2ccccc2)nc1-c1ccc(F)cc1. The lowest BCUT2D eigenvalue weighted by molar-refractivity contribution is 0.403. The molecule has 3 nitrogen and oxygen atoms in total. The van der Waals surface area contributed by atoms with E-state index in [0.717, 1.165) is 29.1 Å². The molecule has 112 valence electrons. The number of rotatable bonds is 4. The molecular formula is C18H18FN3. The Bertz CT molecular complexity index is 746. The van der Waals surface area contributed by atoms with Gasteiger partial charge in [-0.1, -0.05) is 18.2 Å². The van der Waals surface area contributed by atoms with E-state index in [0.29, 0.717) is 0 Å². The van der Waals surface area contributed by atoms with Gasteiger partial charge in [0.25, 0.3) is 0 Å². The standard InChI is InChI=1S/C18H18FN3/c1-21(2)12-15-13-22(17-6-4-3-5-7-17)20-18(15)14-8-10-16(19)11-9-14/h3-11,13H,12H2,1-2H3. The fourth-order valence-electron chi connectivity index (χ4n) is 2.43. The zero-order chi connectivity index (χ0) is 15.5. The summed E-state index contributed by atoms with van der Waals surface area (Å²) in [7, 11) is 4.04. The van der Waals surface area contributed by atoms with Gasteiger partial charge in [0, 0.05) is 23.9 Å². The van der Waals surface area contributed by atoms with Crippen LogP contribution in [0.3, 0.4) is 0 Å². The van der Waals surface area contributed by atoms with E-state index in [2.05, 4.69) is 4.90 Å². The Balaban J connectivity index is 2.07. The van der Waals surface area contributed by atoms with Crippen molar-refractivity contribution in [2.24, 2.45) is 0 Å². The molecule has 0 saturated carbocycles. The van der Waals surface area contributed by atoms with Gasteiger partial charge < -0.3 is 4.90 Å². The van der Waals surface area contributed by atoms with E-state index in [1.165, 1.54) is 12.1 Å². The van der Waals surface area contributed by atoms with Crippen molar-refractivity contribution in [3.8, 4) is 16.9 Å². The Morgan fingerprint density at radius 2 is 1.68 bits per heavy atom. The Labute approximate surface area is 129 Å². The first-order chi connectivity index (χ1) is 10.6. The van der Waals surface area contributed by atoms with Crippen LogP contribution in [0.5, 0.6) is 0 Å². The Morgan fingerprint density at radius 1 is 1.00 bits per heavy atom. The predicted molar refractivity (Wildman–Crippen MR) is 86.3 cm³/mol. The quantitative estimate of drug-likeness (QED) is 0.731. The molecule has 0 aliphatic carbocycles. The van der Waals surface area contributed by atoms with E-state index in [9.17, 15) is 4.39 Å². The van der Waals surface area contributed by atoms with Gasteiger partial charge in [-0.15, -0.1) is 0 Å². The Morgan fingerprint density at radius 3 is 2.32 bits per heavy atom. The summed E-state index contributed by atoms with van der Waals surface area (Å²) >= 11 is 0. The summed E-state index contributed by atoms with van der Waals surface area (Å²) in [6.45, 7) is 0.777. The lowest BCUT2D eigenvalue weighted by atomic mass is 10.1. The highest BCUT2D eigenvalue weighted by Crippen LogP contribution is 2.24. The smallest absolute Gasteiger partial charge is 0.123 e. The van der Waals surface area contributed by atoms with Crippen LogP contribution >= 0.6 is 0 Å². The van der Waals surface area contributed by atoms with Gasteiger partial charge in [0.15, 0.2) is 0 Å². The largest absolute Gasteiger partial charge is 0.305 e. The minimum atomic E-state index is -0.236.